The molecule has 1 spiro atoms. The van der Waals surface area contributed by atoms with Crippen molar-refractivity contribution in [2.45, 2.75) is 57.0 Å². The number of nitrogens with zero attached hydrogens (tertiary/aromatic N) is 2. The SMILES string of the molecule is CS(=O)(=O)CC(=O)Nc1c2c(nn1CCC1CC1)C[C@]1(CCc3cc(OCC(F)F)ccc31)NC2=O. The number of aryl methyl sites for hydroxylation is 2. The number of benzene rings is 1. The van der Waals surface area contributed by atoms with Crippen molar-refractivity contribution in [3.8, 4) is 5.75 Å². The molecule has 1 aromatic heterocycles. The van der Waals surface area contributed by atoms with Crippen LogP contribution < -0.4 is 15.4 Å². The summed E-state index contributed by atoms with van der Waals surface area (Å²) in [6, 6.07) is 5.16. The molecule has 0 unspecified atom stereocenters. The van der Waals surface area contributed by atoms with Crippen LogP contribution in [0.2, 0.25) is 0 Å². The van der Waals surface area contributed by atoms with E-state index in [1.807, 2.05) is 0 Å². The van der Waals surface area contributed by atoms with Crippen molar-refractivity contribution in [3.63, 3.8) is 0 Å². The first kappa shape index (κ1) is 24.7. The number of rotatable bonds is 9. The Balaban J connectivity index is 1.44. The fourth-order valence-corrected chi connectivity index (χ4v) is 5.73. The predicted molar refractivity (Wildman–Crippen MR) is 127 cm³/mol. The number of carbonyl (C=O) groups excluding carboxylic acids is 2. The van der Waals surface area contributed by atoms with Crippen molar-refractivity contribution in [3.05, 3.63) is 40.6 Å². The first-order valence-electron chi connectivity index (χ1n) is 12.0. The molecule has 2 aromatic rings. The number of amides is 2. The van der Waals surface area contributed by atoms with Crippen LogP contribution in [0, 0.1) is 5.92 Å². The summed E-state index contributed by atoms with van der Waals surface area (Å²) in [4.78, 5) is 25.9. The molecule has 1 aliphatic heterocycles. The minimum Gasteiger partial charge on any atom is -0.488 e. The third-order valence-electron chi connectivity index (χ3n) is 6.96. The standard InChI is InChI=1S/C24H28F2N4O5S/c1-36(33,34)13-20(31)27-22-21-18(29-30(22)9-7-14-2-3-14)11-24(28-23(21)32)8-6-15-10-16(4-5-17(15)24)35-12-19(25)26/h4-5,10,14,19H,2-3,6-9,11-13H2,1H3,(H,27,31)(H,28,32)/t24-/m0/s1. The number of hydrogen-bond acceptors (Lipinski definition) is 6. The largest absolute Gasteiger partial charge is 0.488 e. The Morgan fingerprint density at radius 1 is 1.36 bits per heavy atom. The number of sulfone groups is 1. The van der Waals surface area contributed by atoms with E-state index in [0.29, 0.717) is 43.2 Å². The van der Waals surface area contributed by atoms with Crippen LogP contribution in [0.25, 0.3) is 0 Å². The normalized spacial score (nSPS) is 20.8. The number of fused-ring (bicyclic) bond motifs is 3. The summed E-state index contributed by atoms with van der Waals surface area (Å²) >= 11 is 0. The Hall–Kier alpha value is -3.02. The second kappa shape index (κ2) is 9.13. The van der Waals surface area contributed by atoms with Gasteiger partial charge >= 0.3 is 0 Å². The first-order valence-corrected chi connectivity index (χ1v) is 14.0. The van der Waals surface area contributed by atoms with Gasteiger partial charge in [-0.2, -0.15) is 5.10 Å². The van der Waals surface area contributed by atoms with E-state index >= 15 is 0 Å². The van der Waals surface area contributed by atoms with Crippen LogP contribution in [-0.2, 0) is 39.6 Å². The quantitative estimate of drug-likeness (QED) is 0.522. The summed E-state index contributed by atoms with van der Waals surface area (Å²) in [6.07, 6.45) is 3.18. The van der Waals surface area contributed by atoms with Gasteiger partial charge in [0.2, 0.25) is 5.91 Å². The monoisotopic (exact) mass is 522 g/mol. The molecule has 1 atom stereocenters. The van der Waals surface area contributed by atoms with Gasteiger partial charge in [-0.1, -0.05) is 18.9 Å². The Kier molecular flexibility index (Phi) is 6.26. The molecule has 1 aromatic carbocycles. The van der Waals surface area contributed by atoms with E-state index < -0.39 is 46.0 Å². The van der Waals surface area contributed by atoms with Crippen molar-refractivity contribution >= 4 is 27.5 Å². The van der Waals surface area contributed by atoms with E-state index in [0.717, 1.165) is 36.6 Å². The zero-order valence-electron chi connectivity index (χ0n) is 19.9. The van der Waals surface area contributed by atoms with E-state index in [1.165, 1.54) is 0 Å². The van der Waals surface area contributed by atoms with E-state index in [-0.39, 0.29) is 11.4 Å². The van der Waals surface area contributed by atoms with Gasteiger partial charge in [0.1, 0.15) is 29.5 Å². The highest BCUT2D eigenvalue weighted by atomic mass is 32.2. The Morgan fingerprint density at radius 3 is 2.83 bits per heavy atom. The van der Waals surface area contributed by atoms with Gasteiger partial charge in [-0.3, -0.25) is 9.59 Å². The molecule has 1 fully saturated rings. The van der Waals surface area contributed by atoms with Crippen LogP contribution in [0.4, 0.5) is 14.6 Å². The zero-order chi connectivity index (χ0) is 25.7. The molecule has 0 bridgehead atoms. The Labute approximate surface area is 207 Å². The van der Waals surface area contributed by atoms with Gasteiger partial charge in [0.25, 0.3) is 12.3 Å². The van der Waals surface area contributed by atoms with Gasteiger partial charge in [-0.25, -0.2) is 21.9 Å². The van der Waals surface area contributed by atoms with Crippen molar-refractivity contribution in [2.24, 2.45) is 5.92 Å². The minimum atomic E-state index is -3.55. The molecular weight excluding hydrogens is 494 g/mol. The van der Waals surface area contributed by atoms with Gasteiger partial charge in [0.15, 0.2) is 9.84 Å². The lowest BCUT2D eigenvalue weighted by Gasteiger charge is -2.35. The number of alkyl halides is 2. The summed E-state index contributed by atoms with van der Waals surface area (Å²) in [5.41, 5.74) is 1.89. The Morgan fingerprint density at radius 2 is 2.14 bits per heavy atom. The number of hydrogen-bond donors (Lipinski definition) is 2. The van der Waals surface area contributed by atoms with Crippen LogP contribution >= 0.6 is 0 Å². The van der Waals surface area contributed by atoms with Crippen LogP contribution in [0.3, 0.4) is 0 Å². The number of carbonyl (C=O) groups is 2. The highest BCUT2D eigenvalue weighted by Crippen LogP contribution is 2.44. The van der Waals surface area contributed by atoms with Crippen molar-refractivity contribution in [1.82, 2.24) is 15.1 Å². The maximum Gasteiger partial charge on any atom is 0.272 e. The first-order chi connectivity index (χ1) is 17.0. The molecule has 5 rings (SSSR count). The average Bonchev–Trinajstić information content (AvgIpc) is 3.47. The summed E-state index contributed by atoms with van der Waals surface area (Å²) in [7, 11) is -3.55. The van der Waals surface area contributed by atoms with Crippen molar-refractivity contribution < 1.29 is 31.5 Å². The smallest absolute Gasteiger partial charge is 0.272 e. The van der Waals surface area contributed by atoms with Crippen molar-refractivity contribution in [1.29, 1.82) is 0 Å². The fourth-order valence-electron chi connectivity index (χ4n) is 5.18. The molecule has 2 heterocycles. The number of ether oxygens (including phenoxy) is 1. The van der Waals surface area contributed by atoms with Crippen LogP contribution in [0.15, 0.2) is 18.2 Å². The maximum atomic E-state index is 13.4. The van der Waals surface area contributed by atoms with Crippen LogP contribution in [-0.4, -0.2) is 55.1 Å². The molecule has 3 aliphatic rings. The van der Waals surface area contributed by atoms with E-state index in [1.54, 1.807) is 22.9 Å². The van der Waals surface area contributed by atoms with Gasteiger partial charge in [0, 0.05) is 19.2 Å². The summed E-state index contributed by atoms with van der Waals surface area (Å²) in [5, 5.41) is 10.4. The number of nitrogens with one attached hydrogen (secondary N) is 2. The highest BCUT2D eigenvalue weighted by Gasteiger charge is 2.46. The Bertz CT molecular complexity index is 1320. The number of anilines is 1. The molecule has 12 heteroatoms. The maximum absolute atomic E-state index is 13.4. The van der Waals surface area contributed by atoms with Gasteiger partial charge in [-0.05, 0) is 48.4 Å². The van der Waals surface area contributed by atoms with Crippen molar-refractivity contribution in [2.75, 3.05) is 23.9 Å². The molecular formula is C24H28F2N4O5S. The van der Waals surface area contributed by atoms with E-state index in [4.69, 9.17) is 9.84 Å². The average molecular weight is 523 g/mol. The lowest BCUT2D eigenvalue weighted by atomic mass is 9.82. The topological polar surface area (TPSA) is 119 Å². The predicted octanol–water partition coefficient (Wildman–Crippen LogP) is 2.44. The number of aromatic nitrogens is 2. The minimum absolute atomic E-state index is 0.223. The second-order valence-electron chi connectivity index (χ2n) is 9.98. The van der Waals surface area contributed by atoms with E-state index in [2.05, 4.69) is 10.6 Å². The fraction of sp³-hybridized carbons (Fsp3) is 0.542. The summed E-state index contributed by atoms with van der Waals surface area (Å²) in [5.74, 6) is -0.633. The molecule has 2 aliphatic carbocycles. The lowest BCUT2D eigenvalue weighted by molar-refractivity contribution is -0.113. The zero-order valence-corrected chi connectivity index (χ0v) is 20.7. The highest BCUT2D eigenvalue weighted by molar-refractivity contribution is 7.91. The molecule has 0 saturated heterocycles. The molecule has 2 N–H and O–H groups in total. The van der Waals surface area contributed by atoms with Crippen LogP contribution in [0.5, 0.6) is 5.75 Å². The molecule has 36 heavy (non-hydrogen) atoms. The third kappa shape index (κ3) is 5.09. The van der Waals surface area contributed by atoms with E-state index in [9.17, 15) is 26.8 Å². The molecule has 1 saturated carbocycles. The van der Waals surface area contributed by atoms with Crippen LogP contribution in [0.1, 0.15) is 52.9 Å². The molecule has 194 valence electrons. The lowest BCUT2D eigenvalue weighted by Crippen LogP contribution is -2.49. The molecule has 9 nitrogen and oxygen atoms in total. The van der Waals surface area contributed by atoms with Gasteiger partial charge in [0.05, 0.1) is 11.2 Å². The van der Waals surface area contributed by atoms with Gasteiger partial charge in [-0.15, -0.1) is 0 Å². The molecule has 2 amide bonds. The number of halogens is 2. The molecule has 0 radical (unpaired) electrons. The summed E-state index contributed by atoms with van der Waals surface area (Å²) in [6.45, 7) is -0.177. The third-order valence-corrected chi connectivity index (χ3v) is 7.75. The second-order valence-corrected chi connectivity index (χ2v) is 12.1. The van der Waals surface area contributed by atoms with Gasteiger partial charge < -0.3 is 15.4 Å². The summed E-state index contributed by atoms with van der Waals surface area (Å²) < 4.78 is 55.0.